The molecule has 11 nitrogen and oxygen atoms in total. The van der Waals surface area contributed by atoms with Crippen molar-refractivity contribution >= 4 is 40.8 Å². The van der Waals surface area contributed by atoms with E-state index in [-0.39, 0.29) is 30.1 Å². The summed E-state index contributed by atoms with van der Waals surface area (Å²) in [5.41, 5.74) is 8.55. The molecule has 2 heterocycles. The molecule has 3 aromatic rings. The van der Waals surface area contributed by atoms with Gasteiger partial charge in [0.15, 0.2) is 0 Å². The fourth-order valence-electron chi connectivity index (χ4n) is 4.08. The molecule has 1 unspecified atom stereocenters. The van der Waals surface area contributed by atoms with Crippen LogP contribution in [0.2, 0.25) is 0 Å². The van der Waals surface area contributed by atoms with Gasteiger partial charge in [-0.05, 0) is 42.2 Å². The van der Waals surface area contributed by atoms with Crippen LogP contribution in [0.5, 0.6) is 0 Å². The van der Waals surface area contributed by atoms with E-state index in [9.17, 15) is 19.2 Å². The van der Waals surface area contributed by atoms with Gasteiger partial charge < -0.3 is 35.6 Å². The summed E-state index contributed by atoms with van der Waals surface area (Å²) < 4.78 is 8.02. The number of amides is 3. The number of esters is 1. The van der Waals surface area contributed by atoms with Crippen LogP contribution in [0, 0.1) is 5.92 Å². The number of nitrogens with zero attached hydrogens (tertiary/aromatic N) is 2. The van der Waals surface area contributed by atoms with Crippen molar-refractivity contribution in [2.45, 2.75) is 32.7 Å². The van der Waals surface area contributed by atoms with Crippen LogP contribution in [0.3, 0.4) is 0 Å². The Morgan fingerprint density at radius 3 is 2.16 bits per heavy atom. The lowest BCUT2D eigenvalue weighted by Crippen LogP contribution is -2.43. The first-order chi connectivity index (χ1) is 18.0. The molecule has 1 atom stereocenters. The molecule has 0 aliphatic rings. The van der Waals surface area contributed by atoms with E-state index in [4.69, 9.17) is 10.5 Å². The third-order valence-electron chi connectivity index (χ3n) is 5.83. The summed E-state index contributed by atoms with van der Waals surface area (Å²) in [4.78, 5) is 50.1. The van der Waals surface area contributed by atoms with Crippen molar-refractivity contribution in [2.75, 3.05) is 23.5 Å². The molecule has 0 aliphatic carbocycles. The summed E-state index contributed by atoms with van der Waals surface area (Å²) >= 11 is 0. The Balaban J connectivity index is 1.64. The van der Waals surface area contributed by atoms with Gasteiger partial charge in [0.1, 0.15) is 17.4 Å². The van der Waals surface area contributed by atoms with Crippen LogP contribution >= 0.6 is 0 Å². The molecule has 3 amide bonds. The summed E-state index contributed by atoms with van der Waals surface area (Å²) in [6, 6.07) is 9.31. The molecule has 1 aromatic carbocycles. The Labute approximate surface area is 221 Å². The molecule has 0 bridgehead atoms. The molecule has 3 rings (SSSR count). The smallest absolute Gasteiger partial charge is 0.328 e. The van der Waals surface area contributed by atoms with Crippen molar-refractivity contribution in [3.63, 3.8) is 0 Å². The van der Waals surface area contributed by atoms with Crippen molar-refractivity contribution in [2.24, 2.45) is 20.0 Å². The van der Waals surface area contributed by atoms with Crippen LogP contribution in [0.4, 0.5) is 17.1 Å². The number of ether oxygens (including phenoxy) is 1. The van der Waals surface area contributed by atoms with Crippen molar-refractivity contribution in [1.29, 1.82) is 0 Å². The molecule has 0 saturated carbocycles. The normalized spacial score (nSPS) is 11.6. The number of anilines is 3. The minimum absolute atomic E-state index is 0.0271. The summed E-state index contributed by atoms with van der Waals surface area (Å²) in [5, 5.41) is 8.32. The van der Waals surface area contributed by atoms with Gasteiger partial charge in [0.05, 0.1) is 24.9 Å². The molecule has 0 radical (unpaired) electrons. The zero-order chi connectivity index (χ0) is 28.0. The number of rotatable bonds is 10. The first-order valence-corrected chi connectivity index (χ1v) is 12.1. The summed E-state index contributed by atoms with van der Waals surface area (Å²) in [6.07, 6.45) is 3.76. The third kappa shape index (κ3) is 7.25. The Bertz CT molecular complexity index is 1340. The molecular weight excluding hydrogens is 488 g/mol. The Kier molecular flexibility index (Phi) is 8.95. The maximum atomic E-state index is 13.0. The van der Waals surface area contributed by atoms with Gasteiger partial charge in [0.25, 0.3) is 11.8 Å². The van der Waals surface area contributed by atoms with E-state index in [0.717, 1.165) is 0 Å². The highest BCUT2D eigenvalue weighted by molar-refractivity contribution is 6.07. The van der Waals surface area contributed by atoms with Crippen molar-refractivity contribution < 1.29 is 23.9 Å². The number of aromatic nitrogens is 2. The van der Waals surface area contributed by atoms with Gasteiger partial charge in [0, 0.05) is 32.2 Å². The van der Waals surface area contributed by atoms with E-state index in [2.05, 4.69) is 16.0 Å². The predicted molar refractivity (Wildman–Crippen MR) is 145 cm³/mol. The average molecular weight is 523 g/mol. The summed E-state index contributed by atoms with van der Waals surface area (Å²) in [6.45, 7) is 3.91. The molecule has 0 fully saturated rings. The first kappa shape index (κ1) is 28.0. The second-order valence-corrected chi connectivity index (χ2v) is 9.55. The standard InChI is InChI=1S/C27H34N6O5/c1-16(2)9-21(27(37)38-5)31-24(34)11-17-7-6-8-19(10-17)29-26(36)23-13-20(15-33(23)4)30-25(35)22-12-18(28)14-32(22)3/h6-8,10,12-16,21H,9,11,28H2,1-5H3,(H,29,36)(H,30,35)(H,31,34). The highest BCUT2D eigenvalue weighted by Crippen LogP contribution is 2.18. The Morgan fingerprint density at radius 2 is 1.55 bits per heavy atom. The molecule has 202 valence electrons. The topological polar surface area (TPSA) is 149 Å². The van der Waals surface area contributed by atoms with E-state index in [1.54, 1.807) is 72.0 Å². The quantitative estimate of drug-likeness (QED) is 0.301. The van der Waals surface area contributed by atoms with Gasteiger partial charge in [-0.2, -0.15) is 0 Å². The fraction of sp³-hybridized carbons (Fsp3) is 0.333. The van der Waals surface area contributed by atoms with E-state index in [1.165, 1.54) is 7.11 Å². The minimum Gasteiger partial charge on any atom is -0.467 e. The highest BCUT2D eigenvalue weighted by atomic mass is 16.5. The number of methoxy groups -OCH3 is 1. The zero-order valence-electron chi connectivity index (χ0n) is 22.2. The van der Waals surface area contributed by atoms with Crippen LogP contribution in [0.25, 0.3) is 0 Å². The first-order valence-electron chi connectivity index (χ1n) is 12.1. The lowest BCUT2D eigenvalue weighted by Gasteiger charge is -2.18. The van der Waals surface area contributed by atoms with Gasteiger partial charge in [0.2, 0.25) is 5.91 Å². The van der Waals surface area contributed by atoms with Gasteiger partial charge in [-0.15, -0.1) is 0 Å². The van der Waals surface area contributed by atoms with E-state index in [0.29, 0.717) is 40.4 Å². The molecule has 0 aliphatic heterocycles. The SMILES string of the molecule is COC(=O)C(CC(C)C)NC(=O)Cc1cccc(NC(=O)c2cc(NC(=O)c3cc(N)cn3C)cn2C)c1. The number of nitrogen functional groups attached to an aromatic ring is 1. The fourth-order valence-corrected chi connectivity index (χ4v) is 4.08. The number of hydrogen-bond acceptors (Lipinski definition) is 6. The van der Waals surface area contributed by atoms with E-state index < -0.39 is 12.0 Å². The number of nitrogens with one attached hydrogen (secondary N) is 3. The maximum Gasteiger partial charge on any atom is 0.328 e. The van der Waals surface area contributed by atoms with E-state index >= 15 is 0 Å². The Morgan fingerprint density at radius 1 is 0.921 bits per heavy atom. The number of hydrogen-bond donors (Lipinski definition) is 4. The van der Waals surface area contributed by atoms with Gasteiger partial charge in [-0.1, -0.05) is 26.0 Å². The molecule has 5 N–H and O–H groups in total. The molecule has 0 saturated heterocycles. The third-order valence-corrected chi connectivity index (χ3v) is 5.83. The predicted octanol–water partition coefficient (Wildman–Crippen LogP) is 2.70. The van der Waals surface area contributed by atoms with Crippen molar-refractivity contribution in [1.82, 2.24) is 14.5 Å². The average Bonchev–Trinajstić information content (AvgIpc) is 3.38. The van der Waals surface area contributed by atoms with Crippen LogP contribution < -0.4 is 21.7 Å². The maximum absolute atomic E-state index is 13.0. The molecular formula is C27H34N6O5. The Hall–Kier alpha value is -4.54. The number of carbonyl (C=O) groups excluding carboxylic acids is 4. The van der Waals surface area contributed by atoms with Gasteiger partial charge >= 0.3 is 5.97 Å². The van der Waals surface area contributed by atoms with Gasteiger partial charge in [-0.25, -0.2) is 4.79 Å². The molecule has 2 aromatic heterocycles. The lowest BCUT2D eigenvalue weighted by molar-refractivity contribution is -0.145. The molecule has 38 heavy (non-hydrogen) atoms. The van der Waals surface area contributed by atoms with Crippen molar-refractivity contribution in [3.8, 4) is 0 Å². The van der Waals surface area contributed by atoms with Crippen LogP contribution in [-0.2, 0) is 34.8 Å². The second kappa shape index (κ2) is 12.1. The summed E-state index contributed by atoms with van der Waals surface area (Å²) in [5.74, 6) is -1.36. The molecule has 11 heteroatoms. The number of nitrogens with two attached hydrogens (primary N) is 1. The lowest BCUT2D eigenvalue weighted by atomic mass is 10.0. The van der Waals surface area contributed by atoms with Crippen LogP contribution in [0.15, 0.2) is 48.8 Å². The number of carbonyl (C=O) groups is 4. The van der Waals surface area contributed by atoms with Gasteiger partial charge in [-0.3, -0.25) is 14.4 Å². The summed E-state index contributed by atoms with van der Waals surface area (Å²) in [7, 11) is 4.70. The van der Waals surface area contributed by atoms with Crippen molar-refractivity contribution in [3.05, 3.63) is 65.7 Å². The van der Waals surface area contributed by atoms with Crippen LogP contribution in [-0.4, -0.2) is 46.0 Å². The largest absolute Gasteiger partial charge is 0.467 e. The molecule has 0 spiro atoms. The minimum atomic E-state index is -0.721. The highest BCUT2D eigenvalue weighted by Gasteiger charge is 2.23. The van der Waals surface area contributed by atoms with E-state index in [1.807, 2.05) is 13.8 Å². The zero-order valence-corrected chi connectivity index (χ0v) is 22.2. The number of aryl methyl sites for hydroxylation is 2. The van der Waals surface area contributed by atoms with Crippen LogP contribution in [0.1, 0.15) is 46.8 Å². The number of benzene rings is 1. The second-order valence-electron chi connectivity index (χ2n) is 9.55. The monoisotopic (exact) mass is 522 g/mol.